The summed E-state index contributed by atoms with van der Waals surface area (Å²) in [6.07, 6.45) is 2.85. The Morgan fingerprint density at radius 2 is 1.73 bits per heavy atom. The van der Waals surface area contributed by atoms with Crippen molar-refractivity contribution >= 4 is 11.9 Å². The first-order valence-corrected chi connectivity index (χ1v) is 6.72. The smallest absolute Gasteiger partial charge is 0.305 e. The lowest BCUT2D eigenvalue weighted by atomic mass is 10.1. The van der Waals surface area contributed by atoms with Gasteiger partial charge in [-0.1, -0.05) is 12.1 Å². The van der Waals surface area contributed by atoms with Crippen LogP contribution in [0.5, 0.6) is 0 Å². The molecule has 0 unspecified atom stereocenters. The van der Waals surface area contributed by atoms with Gasteiger partial charge in [0.2, 0.25) is 0 Å². The second-order valence-corrected chi connectivity index (χ2v) is 4.73. The summed E-state index contributed by atoms with van der Waals surface area (Å²) in [6, 6.07) is 8.90. The molecule has 0 spiro atoms. The van der Waals surface area contributed by atoms with E-state index in [1.54, 1.807) is 24.3 Å². The van der Waals surface area contributed by atoms with Crippen molar-refractivity contribution in [3.05, 3.63) is 65.7 Å². The maximum atomic E-state index is 12.9. The molecule has 2 aromatic rings. The Kier molecular flexibility index (Phi) is 5.19. The van der Waals surface area contributed by atoms with Crippen molar-refractivity contribution in [2.45, 2.75) is 13.0 Å². The SMILES string of the molecule is O=C(O)CCN(Cc1ccc(F)cc1)C(=O)c1ccncc1. The predicted octanol–water partition coefficient (Wildman–Crippen LogP) is 2.34. The lowest BCUT2D eigenvalue weighted by Gasteiger charge is -2.22. The van der Waals surface area contributed by atoms with E-state index in [2.05, 4.69) is 4.98 Å². The van der Waals surface area contributed by atoms with E-state index in [4.69, 9.17) is 5.11 Å². The van der Waals surface area contributed by atoms with Gasteiger partial charge in [0.1, 0.15) is 5.82 Å². The average molecular weight is 302 g/mol. The predicted molar refractivity (Wildman–Crippen MR) is 77.6 cm³/mol. The third-order valence-electron chi connectivity index (χ3n) is 3.10. The molecule has 0 saturated carbocycles. The Labute approximate surface area is 127 Å². The Hall–Kier alpha value is -2.76. The van der Waals surface area contributed by atoms with E-state index in [9.17, 15) is 14.0 Å². The minimum absolute atomic E-state index is 0.0772. The van der Waals surface area contributed by atoms with Gasteiger partial charge in [-0.25, -0.2) is 4.39 Å². The van der Waals surface area contributed by atoms with Crippen LogP contribution < -0.4 is 0 Å². The fraction of sp³-hybridized carbons (Fsp3) is 0.188. The third-order valence-corrected chi connectivity index (χ3v) is 3.10. The van der Waals surface area contributed by atoms with Gasteiger partial charge in [-0.3, -0.25) is 14.6 Å². The Bertz CT molecular complexity index is 644. The summed E-state index contributed by atoms with van der Waals surface area (Å²) in [5.74, 6) is -1.62. The number of hydrogen-bond donors (Lipinski definition) is 1. The van der Waals surface area contributed by atoms with E-state index < -0.39 is 5.97 Å². The zero-order valence-electron chi connectivity index (χ0n) is 11.8. The van der Waals surface area contributed by atoms with Gasteiger partial charge in [-0.15, -0.1) is 0 Å². The summed E-state index contributed by atoms with van der Waals surface area (Å²) in [6.45, 7) is 0.294. The average Bonchev–Trinajstić information content (AvgIpc) is 2.53. The van der Waals surface area contributed by atoms with Gasteiger partial charge in [-0.2, -0.15) is 0 Å². The molecule has 22 heavy (non-hydrogen) atoms. The third kappa shape index (κ3) is 4.37. The number of carboxylic acids is 1. The topological polar surface area (TPSA) is 70.5 Å². The van der Waals surface area contributed by atoms with Crippen LogP contribution in [0.1, 0.15) is 22.3 Å². The molecule has 0 saturated heterocycles. The van der Waals surface area contributed by atoms with Gasteiger partial charge in [0.05, 0.1) is 6.42 Å². The van der Waals surface area contributed by atoms with Crippen LogP contribution in [0.4, 0.5) is 4.39 Å². The van der Waals surface area contributed by atoms with E-state index in [1.165, 1.54) is 29.4 Å². The summed E-state index contributed by atoms with van der Waals surface area (Å²) >= 11 is 0. The molecule has 1 heterocycles. The molecule has 0 aliphatic rings. The van der Waals surface area contributed by atoms with E-state index >= 15 is 0 Å². The van der Waals surface area contributed by atoms with Gasteiger partial charge < -0.3 is 10.0 Å². The molecule has 114 valence electrons. The first-order chi connectivity index (χ1) is 10.6. The fourth-order valence-corrected chi connectivity index (χ4v) is 1.97. The van der Waals surface area contributed by atoms with Crippen molar-refractivity contribution in [2.24, 2.45) is 0 Å². The Morgan fingerprint density at radius 3 is 2.32 bits per heavy atom. The number of nitrogens with zero attached hydrogens (tertiary/aromatic N) is 2. The molecule has 0 bridgehead atoms. The standard InChI is InChI=1S/C16H15FN2O3/c17-14-3-1-12(2-4-14)11-19(10-7-15(20)21)16(22)13-5-8-18-9-6-13/h1-6,8-9H,7,10-11H2,(H,20,21). The lowest BCUT2D eigenvalue weighted by molar-refractivity contribution is -0.137. The van der Waals surface area contributed by atoms with Crippen molar-refractivity contribution in [2.75, 3.05) is 6.54 Å². The van der Waals surface area contributed by atoms with Crippen LogP contribution in [0.2, 0.25) is 0 Å². The quantitative estimate of drug-likeness (QED) is 0.889. The Balaban J connectivity index is 2.16. The molecule has 5 nitrogen and oxygen atoms in total. The highest BCUT2D eigenvalue weighted by molar-refractivity contribution is 5.94. The maximum absolute atomic E-state index is 12.9. The highest BCUT2D eigenvalue weighted by atomic mass is 19.1. The van der Waals surface area contributed by atoms with Crippen LogP contribution in [0.25, 0.3) is 0 Å². The highest BCUT2D eigenvalue weighted by Gasteiger charge is 2.17. The lowest BCUT2D eigenvalue weighted by Crippen LogP contribution is -2.32. The van der Waals surface area contributed by atoms with Crippen molar-refractivity contribution < 1.29 is 19.1 Å². The molecule has 6 heteroatoms. The largest absolute Gasteiger partial charge is 0.481 e. The molecular formula is C16H15FN2O3. The summed E-state index contributed by atoms with van der Waals surface area (Å²) in [5, 5.41) is 8.82. The summed E-state index contributed by atoms with van der Waals surface area (Å²) in [5.41, 5.74) is 1.16. The van der Waals surface area contributed by atoms with Gasteiger partial charge in [-0.05, 0) is 29.8 Å². The van der Waals surface area contributed by atoms with Crippen LogP contribution in [0, 0.1) is 5.82 Å². The second kappa shape index (κ2) is 7.31. The Morgan fingerprint density at radius 1 is 1.09 bits per heavy atom. The minimum atomic E-state index is -0.980. The number of aromatic nitrogens is 1. The molecule has 0 aliphatic carbocycles. The number of hydrogen-bond acceptors (Lipinski definition) is 3. The van der Waals surface area contributed by atoms with Crippen LogP contribution >= 0.6 is 0 Å². The summed E-state index contributed by atoms with van der Waals surface area (Å²) in [7, 11) is 0. The van der Waals surface area contributed by atoms with E-state index in [1.807, 2.05) is 0 Å². The molecule has 0 atom stereocenters. The van der Waals surface area contributed by atoms with Gasteiger partial charge >= 0.3 is 5.97 Å². The van der Waals surface area contributed by atoms with Crippen LogP contribution in [0.3, 0.4) is 0 Å². The molecule has 1 amide bonds. The molecule has 2 rings (SSSR count). The molecule has 0 radical (unpaired) electrons. The minimum Gasteiger partial charge on any atom is -0.481 e. The number of carboxylic acid groups (broad SMARTS) is 1. The van der Waals surface area contributed by atoms with Crippen molar-refractivity contribution in [3.8, 4) is 0 Å². The van der Waals surface area contributed by atoms with Crippen LogP contribution in [-0.4, -0.2) is 33.4 Å². The highest BCUT2D eigenvalue weighted by Crippen LogP contribution is 2.11. The monoisotopic (exact) mass is 302 g/mol. The van der Waals surface area contributed by atoms with Gasteiger partial charge in [0.15, 0.2) is 0 Å². The van der Waals surface area contributed by atoms with Crippen molar-refractivity contribution in [1.29, 1.82) is 0 Å². The first kappa shape index (κ1) is 15.6. The van der Waals surface area contributed by atoms with Gasteiger partial charge in [0, 0.05) is 31.0 Å². The van der Waals surface area contributed by atoms with E-state index in [-0.39, 0.29) is 31.2 Å². The zero-order chi connectivity index (χ0) is 15.9. The van der Waals surface area contributed by atoms with Crippen LogP contribution in [-0.2, 0) is 11.3 Å². The number of pyridine rings is 1. The second-order valence-electron chi connectivity index (χ2n) is 4.73. The number of carbonyl (C=O) groups is 2. The molecule has 1 N–H and O–H groups in total. The van der Waals surface area contributed by atoms with Crippen LogP contribution in [0.15, 0.2) is 48.8 Å². The molecular weight excluding hydrogens is 287 g/mol. The number of amides is 1. The molecule has 0 aliphatic heterocycles. The van der Waals surface area contributed by atoms with E-state index in [0.717, 1.165) is 5.56 Å². The number of aliphatic carboxylic acids is 1. The summed E-state index contributed by atoms with van der Waals surface area (Å²) < 4.78 is 12.9. The zero-order valence-corrected chi connectivity index (χ0v) is 11.8. The van der Waals surface area contributed by atoms with Gasteiger partial charge in [0.25, 0.3) is 5.91 Å². The first-order valence-electron chi connectivity index (χ1n) is 6.72. The maximum Gasteiger partial charge on any atom is 0.305 e. The molecule has 1 aromatic carbocycles. The number of rotatable bonds is 6. The van der Waals surface area contributed by atoms with E-state index in [0.29, 0.717) is 5.56 Å². The number of halogens is 1. The van der Waals surface area contributed by atoms with Crippen molar-refractivity contribution in [3.63, 3.8) is 0 Å². The normalized spacial score (nSPS) is 10.2. The fourth-order valence-electron chi connectivity index (χ4n) is 1.97. The number of benzene rings is 1. The molecule has 1 aromatic heterocycles. The summed E-state index contributed by atoms with van der Waals surface area (Å²) in [4.78, 5) is 28.5. The molecule has 0 fully saturated rings. The number of carbonyl (C=O) groups excluding carboxylic acids is 1. The van der Waals surface area contributed by atoms with Crippen molar-refractivity contribution in [1.82, 2.24) is 9.88 Å².